The molecule has 4 rings (SSSR count). The first-order chi connectivity index (χ1) is 11.8. The van der Waals surface area contributed by atoms with Gasteiger partial charge in [0.2, 0.25) is 0 Å². The molecule has 1 fully saturated rings. The van der Waals surface area contributed by atoms with Gasteiger partial charge in [-0.15, -0.1) is 11.8 Å². The van der Waals surface area contributed by atoms with Gasteiger partial charge < -0.3 is 14.7 Å². The zero-order valence-electron chi connectivity index (χ0n) is 14.9. The first-order valence-electron chi connectivity index (χ1n) is 8.44. The lowest BCUT2D eigenvalue weighted by molar-refractivity contribution is 0.116. The number of anilines is 1. The second-order valence-electron chi connectivity index (χ2n) is 7.16. The largest absolute Gasteiger partial charge is 0.347 e. The Kier molecular flexibility index (Phi) is 4.05. The third-order valence-corrected chi connectivity index (χ3v) is 7.17. The Bertz CT molecular complexity index is 809. The average molecular weight is 381 g/mol. The highest BCUT2D eigenvalue weighted by atomic mass is 35.5. The maximum Gasteiger partial charge on any atom is 0.152 e. The molecule has 3 aliphatic heterocycles. The number of likely N-dealkylation sites (N-methyl/N-ethyl adjacent to an activating group) is 1. The third-order valence-electron chi connectivity index (χ3n) is 5.34. The number of piperazine rings is 1. The molecule has 0 aromatic heterocycles. The molecule has 1 saturated heterocycles. The number of nitrogens with zero attached hydrogens (tertiary/aromatic N) is 4. The fraction of sp³-hybridized carbons (Fsp3) is 0.500. The number of fused-ring (bicyclic) bond motifs is 2. The monoisotopic (exact) mass is 380 g/mol. The van der Waals surface area contributed by atoms with Crippen LogP contribution in [0.1, 0.15) is 18.1 Å². The highest BCUT2D eigenvalue weighted by Gasteiger charge is 2.41. The van der Waals surface area contributed by atoms with Crippen LogP contribution in [0.2, 0.25) is 5.02 Å². The zero-order chi connectivity index (χ0) is 18.0. The van der Waals surface area contributed by atoms with Crippen molar-refractivity contribution in [3.8, 4) is 0 Å². The Balaban J connectivity index is 2.00. The number of thioether (sulfide) groups is 1. The smallest absolute Gasteiger partial charge is 0.152 e. The van der Waals surface area contributed by atoms with Gasteiger partial charge in [-0.25, -0.2) is 9.38 Å². The number of hydrogen-bond acceptors (Lipinski definition) is 5. The minimum Gasteiger partial charge on any atom is -0.347 e. The van der Waals surface area contributed by atoms with Crippen LogP contribution >= 0.6 is 23.4 Å². The van der Waals surface area contributed by atoms with Crippen LogP contribution in [0.25, 0.3) is 0 Å². The maximum atomic E-state index is 15.1. The minimum atomic E-state index is -0.277. The minimum absolute atomic E-state index is 0.277. The van der Waals surface area contributed by atoms with Gasteiger partial charge in [0.15, 0.2) is 5.82 Å². The molecule has 25 heavy (non-hydrogen) atoms. The first kappa shape index (κ1) is 17.2. The van der Waals surface area contributed by atoms with Crippen LogP contribution < -0.4 is 4.90 Å². The summed E-state index contributed by atoms with van der Waals surface area (Å²) < 4.78 is 15.1. The summed E-state index contributed by atoms with van der Waals surface area (Å²) in [5, 5.41) is 0.510. The average Bonchev–Trinajstić information content (AvgIpc) is 2.70. The Hall–Kier alpha value is -1.24. The summed E-state index contributed by atoms with van der Waals surface area (Å²) in [6.45, 7) is 9.90. The van der Waals surface area contributed by atoms with Gasteiger partial charge in [0.25, 0.3) is 0 Å². The Morgan fingerprint density at radius 2 is 2.04 bits per heavy atom. The van der Waals surface area contributed by atoms with Crippen molar-refractivity contribution < 1.29 is 4.39 Å². The highest BCUT2D eigenvalue weighted by Crippen LogP contribution is 2.47. The van der Waals surface area contributed by atoms with Crippen LogP contribution in [0, 0.1) is 12.7 Å². The Morgan fingerprint density at radius 1 is 1.32 bits per heavy atom. The van der Waals surface area contributed by atoms with Crippen molar-refractivity contribution in [2.75, 3.05) is 37.8 Å². The molecule has 2 unspecified atom stereocenters. The van der Waals surface area contributed by atoms with Crippen molar-refractivity contribution in [3.05, 3.63) is 34.4 Å². The van der Waals surface area contributed by atoms with E-state index in [4.69, 9.17) is 16.6 Å². The molecule has 0 amide bonds. The van der Waals surface area contributed by atoms with E-state index in [1.54, 1.807) is 23.6 Å². The van der Waals surface area contributed by atoms with E-state index >= 15 is 4.39 Å². The second kappa shape index (κ2) is 5.89. The fourth-order valence-electron chi connectivity index (χ4n) is 4.11. The normalized spacial score (nSPS) is 26.2. The van der Waals surface area contributed by atoms with E-state index in [9.17, 15) is 0 Å². The summed E-state index contributed by atoms with van der Waals surface area (Å²) in [5.74, 6) is 2.01. The van der Waals surface area contributed by atoms with Crippen LogP contribution in [-0.4, -0.2) is 60.7 Å². The van der Waals surface area contributed by atoms with Crippen molar-refractivity contribution >= 4 is 34.9 Å². The van der Waals surface area contributed by atoms with Gasteiger partial charge in [0.05, 0.1) is 22.3 Å². The van der Waals surface area contributed by atoms with Crippen molar-refractivity contribution in [3.63, 3.8) is 0 Å². The van der Waals surface area contributed by atoms with E-state index in [1.165, 1.54) is 0 Å². The van der Waals surface area contributed by atoms with Gasteiger partial charge in [-0.2, -0.15) is 0 Å². The Labute approximate surface area is 157 Å². The molecule has 1 aromatic carbocycles. The highest BCUT2D eigenvalue weighted by molar-refractivity contribution is 7.99. The van der Waals surface area contributed by atoms with Crippen molar-refractivity contribution in [2.24, 2.45) is 4.99 Å². The quantitative estimate of drug-likeness (QED) is 0.686. The molecule has 0 bridgehead atoms. The number of amidine groups is 1. The molecule has 1 aromatic rings. The van der Waals surface area contributed by atoms with E-state index in [2.05, 4.69) is 30.4 Å². The summed E-state index contributed by atoms with van der Waals surface area (Å²) in [5.41, 5.74) is 1.87. The van der Waals surface area contributed by atoms with Gasteiger partial charge in [-0.05, 0) is 20.9 Å². The predicted octanol–water partition coefficient (Wildman–Crippen LogP) is 3.57. The molecule has 7 heteroatoms. The van der Waals surface area contributed by atoms with Crippen molar-refractivity contribution in [1.29, 1.82) is 0 Å². The van der Waals surface area contributed by atoms with Gasteiger partial charge in [-0.3, -0.25) is 0 Å². The lowest BCUT2D eigenvalue weighted by Crippen LogP contribution is -2.59. The number of aliphatic imine (C=N–C) groups is 1. The third kappa shape index (κ3) is 2.41. The van der Waals surface area contributed by atoms with E-state index < -0.39 is 0 Å². The fourth-order valence-corrected chi connectivity index (χ4v) is 5.69. The van der Waals surface area contributed by atoms with Crippen LogP contribution in [0.5, 0.6) is 0 Å². The van der Waals surface area contributed by atoms with Gasteiger partial charge >= 0.3 is 0 Å². The van der Waals surface area contributed by atoms with E-state index in [0.717, 1.165) is 35.1 Å². The summed E-state index contributed by atoms with van der Waals surface area (Å²) in [4.78, 5) is 12.2. The molecule has 0 saturated carbocycles. The topological polar surface area (TPSA) is 22.1 Å². The molecule has 134 valence electrons. The van der Waals surface area contributed by atoms with Gasteiger partial charge in [0.1, 0.15) is 11.7 Å². The van der Waals surface area contributed by atoms with Gasteiger partial charge in [-0.1, -0.05) is 18.2 Å². The molecule has 0 aliphatic carbocycles. The number of benzene rings is 1. The molecule has 4 nitrogen and oxygen atoms in total. The molecule has 0 spiro atoms. The Morgan fingerprint density at radius 3 is 2.76 bits per heavy atom. The molecule has 0 radical (unpaired) electrons. The molecule has 3 aliphatic rings. The second-order valence-corrected chi connectivity index (χ2v) is 8.57. The van der Waals surface area contributed by atoms with Crippen LogP contribution in [-0.2, 0) is 0 Å². The van der Waals surface area contributed by atoms with Crippen LogP contribution in [0.3, 0.4) is 0 Å². The van der Waals surface area contributed by atoms with Crippen molar-refractivity contribution in [2.45, 2.75) is 30.8 Å². The first-order valence-corrected chi connectivity index (χ1v) is 9.80. The number of rotatable bonds is 0. The van der Waals surface area contributed by atoms with E-state index in [-0.39, 0.29) is 5.82 Å². The zero-order valence-corrected chi connectivity index (χ0v) is 16.5. The lowest BCUT2D eigenvalue weighted by atomic mass is 10.0. The lowest BCUT2D eigenvalue weighted by Gasteiger charge is -2.46. The molecule has 3 heterocycles. The molecular formula is C18H22ClFN4S. The molecule has 2 atom stereocenters. The van der Waals surface area contributed by atoms with Gasteiger partial charge in [0, 0.05) is 42.4 Å². The molecular weight excluding hydrogens is 359 g/mol. The van der Waals surface area contributed by atoms with E-state index in [1.807, 2.05) is 7.05 Å². The summed E-state index contributed by atoms with van der Waals surface area (Å²) in [6, 6.07) is 0.606. The van der Waals surface area contributed by atoms with Crippen LogP contribution in [0.4, 0.5) is 10.1 Å². The van der Waals surface area contributed by atoms with E-state index in [0.29, 0.717) is 34.2 Å². The maximum absolute atomic E-state index is 15.1. The summed E-state index contributed by atoms with van der Waals surface area (Å²) >= 11 is 8.28. The summed E-state index contributed by atoms with van der Waals surface area (Å²) in [7, 11) is 3.96. The number of hydrogen-bond donors (Lipinski definition) is 0. The standard InChI is InChI=1S/C18H22ClFN4S/c1-9-6-22(4)7-12-8-25-17-13-16(15(20)10(2)14(17)19)23(5)11(3)21-18(13)24(9)12/h9,12H,3,6-8H2,1-2,4-5H3. The molecule has 0 N–H and O–H groups in total. The predicted molar refractivity (Wildman–Crippen MR) is 104 cm³/mol. The van der Waals surface area contributed by atoms with Crippen molar-refractivity contribution in [1.82, 2.24) is 9.80 Å². The summed E-state index contributed by atoms with van der Waals surface area (Å²) in [6.07, 6.45) is 0. The number of halogens is 2. The van der Waals surface area contributed by atoms with Crippen LogP contribution in [0.15, 0.2) is 22.3 Å². The SMILES string of the molecule is C=C1N=C2c3c(c(Cl)c(C)c(F)c3N1C)SCC1CN(C)CC(C)N21.